The minimum absolute atomic E-state index is 0.245. The van der Waals surface area contributed by atoms with E-state index in [4.69, 9.17) is 5.73 Å². The molecule has 2 rings (SSSR count). The highest BCUT2D eigenvalue weighted by Crippen LogP contribution is 2.24. The van der Waals surface area contributed by atoms with Crippen molar-refractivity contribution < 1.29 is 4.39 Å². The Hall–Kier alpha value is -1.61. The van der Waals surface area contributed by atoms with Crippen LogP contribution in [0, 0.1) is 5.82 Å². The van der Waals surface area contributed by atoms with Gasteiger partial charge < -0.3 is 10.7 Å². The van der Waals surface area contributed by atoms with Crippen molar-refractivity contribution in [1.82, 2.24) is 4.98 Å². The Kier molecular flexibility index (Phi) is 2.33. The van der Waals surface area contributed by atoms with Crippen molar-refractivity contribution in [3.8, 4) is 11.3 Å². The van der Waals surface area contributed by atoms with Gasteiger partial charge >= 0.3 is 0 Å². The van der Waals surface area contributed by atoms with E-state index in [0.29, 0.717) is 12.2 Å². The molecule has 3 N–H and O–H groups in total. The highest BCUT2D eigenvalue weighted by molar-refractivity contribution is 5.64. The molecule has 2 aromatic rings. The topological polar surface area (TPSA) is 41.8 Å². The molecule has 1 aromatic carbocycles. The molecule has 1 heterocycles. The Bertz CT molecular complexity index is 434. The van der Waals surface area contributed by atoms with Crippen LogP contribution in [0.3, 0.4) is 0 Å². The van der Waals surface area contributed by atoms with E-state index >= 15 is 0 Å². The average Bonchev–Trinajstić information content (AvgIpc) is 2.64. The zero-order valence-electron chi connectivity index (χ0n) is 7.63. The van der Waals surface area contributed by atoms with Crippen LogP contribution in [0.5, 0.6) is 0 Å². The van der Waals surface area contributed by atoms with Crippen LogP contribution in [0.2, 0.25) is 0 Å². The summed E-state index contributed by atoms with van der Waals surface area (Å²) in [7, 11) is 0. The normalized spacial score (nSPS) is 10.4. The van der Waals surface area contributed by atoms with E-state index in [0.717, 1.165) is 11.1 Å². The average molecular weight is 190 g/mol. The van der Waals surface area contributed by atoms with Gasteiger partial charge in [0.15, 0.2) is 0 Å². The quantitative estimate of drug-likeness (QED) is 0.749. The molecule has 14 heavy (non-hydrogen) atoms. The molecule has 0 aliphatic rings. The first kappa shape index (κ1) is 8.97. The zero-order chi connectivity index (χ0) is 9.97. The number of H-pyrrole nitrogens is 1. The van der Waals surface area contributed by atoms with Crippen molar-refractivity contribution in [2.75, 3.05) is 0 Å². The Labute approximate surface area is 81.6 Å². The first-order valence-electron chi connectivity index (χ1n) is 4.44. The summed E-state index contributed by atoms with van der Waals surface area (Å²) >= 11 is 0. The molecule has 72 valence electrons. The first-order valence-corrected chi connectivity index (χ1v) is 4.44. The van der Waals surface area contributed by atoms with Gasteiger partial charge in [0.05, 0.1) is 5.69 Å². The number of hydrogen-bond donors (Lipinski definition) is 2. The van der Waals surface area contributed by atoms with Gasteiger partial charge in [0.2, 0.25) is 0 Å². The van der Waals surface area contributed by atoms with Crippen molar-refractivity contribution in [2.45, 2.75) is 6.54 Å². The molecule has 3 heteroatoms. The summed E-state index contributed by atoms with van der Waals surface area (Å²) in [6.45, 7) is 0.411. The molecule has 0 spiro atoms. The maximum Gasteiger partial charge on any atom is 0.148 e. The van der Waals surface area contributed by atoms with Crippen LogP contribution >= 0.6 is 0 Å². The van der Waals surface area contributed by atoms with Crippen LogP contribution in [0.1, 0.15) is 5.56 Å². The molecular weight excluding hydrogens is 179 g/mol. The van der Waals surface area contributed by atoms with E-state index in [1.807, 2.05) is 24.3 Å². The third-order valence-corrected chi connectivity index (χ3v) is 2.20. The molecular formula is C11H11FN2. The smallest absolute Gasteiger partial charge is 0.148 e. The van der Waals surface area contributed by atoms with Gasteiger partial charge in [-0.05, 0) is 11.6 Å². The number of aromatic amines is 1. The van der Waals surface area contributed by atoms with Gasteiger partial charge in [-0.2, -0.15) is 0 Å². The van der Waals surface area contributed by atoms with Gasteiger partial charge in [0.25, 0.3) is 0 Å². The molecule has 0 fully saturated rings. The summed E-state index contributed by atoms with van der Waals surface area (Å²) in [6, 6.07) is 8.93. The van der Waals surface area contributed by atoms with E-state index in [1.165, 1.54) is 6.07 Å². The second kappa shape index (κ2) is 3.64. The summed E-state index contributed by atoms with van der Waals surface area (Å²) < 4.78 is 13.3. The summed E-state index contributed by atoms with van der Waals surface area (Å²) in [5.41, 5.74) is 7.85. The molecule has 2 nitrogen and oxygen atoms in total. The monoisotopic (exact) mass is 190 g/mol. The molecule has 0 bridgehead atoms. The number of aromatic nitrogens is 1. The van der Waals surface area contributed by atoms with Crippen LogP contribution in [-0.4, -0.2) is 4.98 Å². The van der Waals surface area contributed by atoms with Crippen molar-refractivity contribution >= 4 is 0 Å². The van der Waals surface area contributed by atoms with Crippen molar-refractivity contribution in [3.63, 3.8) is 0 Å². The van der Waals surface area contributed by atoms with E-state index in [2.05, 4.69) is 4.98 Å². The standard InChI is InChI=1S/C11H11FN2/c12-10-5-6-14-11(10)9-4-2-1-3-8(9)7-13/h1-6,14H,7,13H2. The Morgan fingerprint density at radius 2 is 2.00 bits per heavy atom. The lowest BCUT2D eigenvalue weighted by Gasteiger charge is -2.05. The predicted molar refractivity (Wildman–Crippen MR) is 54.1 cm³/mol. The van der Waals surface area contributed by atoms with Crippen molar-refractivity contribution in [1.29, 1.82) is 0 Å². The van der Waals surface area contributed by atoms with Crippen LogP contribution in [0.25, 0.3) is 11.3 Å². The second-order valence-corrected chi connectivity index (χ2v) is 3.06. The van der Waals surface area contributed by atoms with Crippen LogP contribution < -0.4 is 5.73 Å². The molecule has 0 amide bonds. The van der Waals surface area contributed by atoms with Gasteiger partial charge in [0, 0.05) is 18.3 Å². The third-order valence-electron chi connectivity index (χ3n) is 2.20. The molecule has 0 aliphatic carbocycles. The highest BCUT2D eigenvalue weighted by atomic mass is 19.1. The SMILES string of the molecule is NCc1ccccc1-c1[nH]ccc1F. The van der Waals surface area contributed by atoms with Gasteiger partial charge in [-0.3, -0.25) is 0 Å². The molecule has 0 unspecified atom stereocenters. The number of benzene rings is 1. The summed E-state index contributed by atoms with van der Waals surface area (Å²) in [5, 5.41) is 0. The van der Waals surface area contributed by atoms with E-state index < -0.39 is 0 Å². The minimum Gasteiger partial charge on any atom is -0.359 e. The van der Waals surface area contributed by atoms with Crippen LogP contribution in [0.15, 0.2) is 36.5 Å². The Morgan fingerprint density at radius 1 is 1.21 bits per heavy atom. The number of nitrogens with one attached hydrogen (secondary N) is 1. The molecule has 0 saturated carbocycles. The maximum absolute atomic E-state index is 13.3. The largest absolute Gasteiger partial charge is 0.359 e. The molecule has 0 aliphatic heterocycles. The molecule has 0 radical (unpaired) electrons. The summed E-state index contributed by atoms with van der Waals surface area (Å²) in [5.74, 6) is -0.245. The number of rotatable bonds is 2. The lowest BCUT2D eigenvalue weighted by molar-refractivity contribution is 0.633. The van der Waals surface area contributed by atoms with E-state index in [-0.39, 0.29) is 5.82 Å². The number of nitrogens with two attached hydrogens (primary N) is 1. The Balaban J connectivity index is 2.56. The van der Waals surface area contributed by atoms with Gasteiger partial charge in [-0.25, -0.2) is 4.39 Å². The molecule has 0 saturated heterocycles. The van der Waals surface area contributed by atoms with Crippen molar-refractivity contribution in [2.24, 2.45) is 5.73 Å². The van der Waals surface area contributed by atoms with Crippen molar-refractivity contribution in [3.05, 3.63) is 47.9 Å². The number of halogens is 1. The second-order valence-electron chi connectivity index (χ2n) is 3.06. The summed E-state index contributed by atoms with van der Waals surface area (Å²) in [4.78, 5) is 2.87. The Morgan fingerprint density at radius 3 is 2.64 bits per heavy atom. The number of hydrogen-bond acceptors (Lipinski definition) is 1. The van der Waals surface area contributed by atoms with Crippen LogP contribution in [0.4, 0.5) is 4.39 Å². The predicted octanol–water partition coefficient (Wildman–Crippen LogP) is 2.28. The van der Waals surface area contributed by atoms with Gasteiger partial charge in [-0.1, -0.05) is 24.3 Å². The summed E-state index contributed by atoms with van der Waals surface area (Å²) in [6.07, 6.45) is 1.58. The lowest BCUT2D eigenvalue weighted by atomic mass is 10.0. The van der Waals surface area contributed by atoms with Crippen LogP contribution in [-0.2, 0) is 6.54 Å². The fraction of sp³-hybridized carbons (Fsp3) is 0.0909. The highest BCUT2D eigenvalue weighted by Gasteiger charge is 2.08. The van der Waals surface area contributed by atoms with Gasteiger partial charge in [-0.15, -0.1) is 0 Å². The third kappa shape index (κ3) is 1.42. The van der Waals surface area contributed by atoms with E-state index in [1.54, 1.807) is 6.20 Å². The first-order chi connectivity index (χ1) is 6.83. The molecule has 1 aromatic heterocycles. The fourth-order valence-corrected chi connectivity index (χ4v) is 1.50. The zero-order valence-corrected chi connectivity index (χ0v) is 7.63. The maximum atomic E-state index is 13.3. The lowest BCUT2D eigenvalue weighted by Crippen LogP contribution is -1.99. The minimum atomic E-state index is -0.245. The van der Waals surface area contributed by atoms with E-state index in [9.17, 15) is 4.39 Å². The van der Waals surface area contributed by atoms with Gasteiger partial charge in [0.1, 0.15) is 5.82 Å². The molecule has 0 atom stereocenters. The fourth-order valence-electron chi connectivity index (χ4n) is 1.50.